The summed E-state index contributed by atoms with van der Waals surface area (Å²) in [4.78, 5) is 0. The van der Waals surface area contributed by atoms with Gasteiger partial charge in [-0.3, -0.25) is 0 Å². The van der Waals surface area contributed by atoms with Gasteiger partial charge in [0.25, 0.3) is 0 Å². The minimum atomic E-state index is -0.215. The highest BCUT2D eigenvalue weighted by Gasteiger charge is 2.64. The molecule has 0 aliphatic heterocycles. The Balaban J connectivity index is 1.54. The van der Waals surface area contributed by atoms with Crippen LogP contribution < -0.4 is 4.57 Å². The third-order valence-corrected chi connectivity index (χ3v) is 9.87. The fourth-order valence-electron chi connectivity index (χ4n) is 8.55. The van der Waals surface area contributed by atoms with Crippen molar-refractivity contribution in [3.05, 3.63) is 36.2 Å². The van der Waals surface area contributed by atoms with Gasteiger partial charge in [0.2, 0.25) is 0 Å². The predicted molar refractivity (Wildman–Crippen MR) is 115 cm³/mol. The molecule has 3 saturated carbocycles. The van der Waals surface area contributed by atoms with E-state index in [9.17, 15) is 10.2 Å². The lowest BCUT2D eigenvalue weighted by Crippen LogP contribution is -2.59. The number of hydrogen-bond acceptors (Lipinski definition) is 2. The van der Waals surface area contributed by atoms with E-state index in [2.05, 4.69) is 55.9 Å². The minimum Gasteiger partial charge on any atom is -0.393 e. The molecule has 0 radical (unpaired) electrons. The Morgan fingerprint density at radius 2 is 1.79 bits per heavy atom. The molecule has 4 aliphatic rings. The summed E-state index contributed by atoms with van der Waals surface area (Å²) in [5, 5.41) is 21.7. The molecule has 5 rings (SSSR count). The number of hydrogen-bond donors (Lipinski definition) is 2. The fourth-order valence-corrected chi connectivity index (χ4v) is 8.55. The molecule has 1 aromatic rings. The van der Waals surface area contributed by atoms with E-state index in [-0.39, 0.29) is 17.6 Å². The van der Waals surface area contributed by atoms with Gasteiger partial charge in [0.05, 0.1) is 17.6 Å². The second kappa shape index (κ2) is 6.92. The standard InChI is InChI=1S/C26H38NO2/c1-4-26-11-9-20-23(22(29)16-18-15-19(28)8-10-25(18,20)3)21(26)14-17(2)24(26)27-12-6-5-7-13-27/h5-7,12-13,18-23,28-29H,4,8-11,14-16H2,1-3H3/q+1/t18?,19-,20-,21-,22-,23+,25-,26-/m0/s1. The van der Waals surface area contributed by atoms with Gasteiger partial charge < -0.3 is 10.2 Å². The molecule has 4 aliphatic carbocycles. The SMILES string of the molecule is CC[C@]12CC[C@H]3[C@@H]([C@@H](O)CC4C[C@@H](O)CC[C@@]43C)[C@@H]1CC(C)=C2[n+]1ccccc1. The average molecular weight is 397 g/mol. The minimum absolute atomic E-state index is 0.161. The topological polar surface area (TPSA) is 44.3 Å². The summed E-state index contributed by atoms with van der Waals surface area (Å²) in [5.74, 6) is 2.03. The van der Waals surface area contributed by atoms with Crippen molar-refractivity contribution >= 4 is 5.70 Å². The highest BCUT2D eigenvalue weighted by Crippen LogP contribution is 2.68. The van der Waals surface area contributed by atoms with Crippen LogP contribution in [0, 0.1) is 34.5 Å². The van der Waals surface area contributed by atoms with Gasteiger partial charge in [0.1, 0.15) is 0 Å². The van der Waals surface area contributed by atoms with Gasteiger partial charge in [0.15, 0.2) is 18.1 Å². The van der Waals surface area contributed by atoms with Gasteiger partial charge >= 0.3 is 0 Å². The van der Waals surface area contributed by atoms with Crippen LogP contribution in [0.4, 0.5) is 0 Å². The molecular weight excluding hydrogens is 358 g/mol. The monoisotopic (exact) mass is 396 g/mol. The first kappa shape index (κ1) is 19.8. The van der Waals surface area contributed by atoms with E-state index < -0.39 is 0 Å². The third-order valence-electron chi connectivity index (χ3n) is 9.87. The fraction of sp³-hybridized carbons (Fsp3) is 0.731. The maximum absolute atomic E-state index is 11.4. The molecule has 8 atom stereocenters. The summed E-state index contributed by atoms with van der Waals surface area (Å²) in [7, 11) is 0. The molecule has 0 aromatic carbocycles. The molecule has 1 heterocycles. The van der Waals surface area contributed by atoms with Crippen molar-refractivity contribution in [2.24, 2.45) is 34.5 Å². The number of allylic oxidation sites excluding steroid dienone is 2. The van der Waals surface area contributed by atoms with Crippen molar-refractivity contribution in [3.63, 3.8) is 0 Å². The predicted octanol–water partition coefficient (Wildman–Crippen LogP) is 4.58. The molecule has 3 heteroatoms. The summed E-state index contributed by atoms with van der Waals surface area (Å²) < 4.78 is 2.37. The van der Waals surface area contributed by atoms with Crippen LogP contribution in [0.5, 0.6) is 0 Å². The lowest BCUT2D eigenvalue weighted by molar-refractivity contribution is -0.591. The van der Waals surface area contributed by atoms with Crippen molar-refractivity contribution in [1.82, 2.24) is 0 Å². The Morgan fingerprint density at radius 3 is 2.52 bits per heavy atom. The smallest absolute Gasteiger partial charge is 0.192 e. The van der Waals surface area contributed by atoms with E-state index >= 15 is 0 Å². The lowest BCUT2D eigenvalue weighted by Gasteiger charge is -2.61. The number of rotatable bonds is 2. The van der Waals surface area contributed by atoms with E-state index in [1.165, 1.54) is 24.1 Å². The number of aromatic nitrogens is 1. The van der Waals surface area contributed by atoms with Crippen LogP contribution in [0.3, 0.4) is 0 Å². The van der Waals surface area contributed by atoms with Crippen molar-refractivity contribution in [3.8, 4) is 0 Å². The van der Waals surface area contributed by atoms with E-state index in [4.69, 9.17) is 0 Å². The van der Waals surface area contributed by atoms with Crippen molar-refractivity contribution < 1.29 is 14.8 Å². The zero-order valence-corrected chi connectivity index (χ0v) is 18.3. The second-order valence-electron chi connectivity index (χ2n) is 10.9. The first-order valence-electron chi connectivity index (χ1n) is 11.9. The molecule has 0 amide bonds. The highest BCUT2D eigenvalue weighted by atomic mass is 16.3. The van der Waals surface area contributed by atoms with Crippen LogP contribution in [0.25, 0.3) is 5.70 Å². The summed E-state index contributed by atoms with van der Waals surface area (Å²) in [5.41, 5.74) is 3.52. The Labute approximate surface area is 175 Å². The molecule has 0 bridgehead atoms. The maximum atomic E-state index is 11.4. The number of aliphatic hydroxyl groups is 2. The van der Waals surface area contributed by atoms with Gasteiger partial charge in [-0.05, 0) is 93.0 Å². The van der Waals surface area contributed by atoms with Crippen LogP contribution >= 0.6 is 0 Å². The Kier molecular flexibility index (Phi) is 4.71. The maximum Gasteiger partial charge on any atom is 0.192 e. The first-order chi connectivity index (χ1) is 13.9. The molecule has 3 nitrogen and oxygen atoms in total. The molecule has 1 unspecified atom stereocenters. The summed E-state index contributed by atoms with van der Waals surface area (Å²) in [6.45, 7) is 7.19. The number of fused-ring (bicyclic) bond motifs is 5. The zero-order valence-electron chi connectivity index (χ0n) is 18.3. The molecule has 0 saturated heterocycles. The van der Waals surface area contributed by atoms with E-state index in [0.29, 0.717) is 29.1 Å². The van der Waals surface area contributed by atoms with E-state index in [1.54, 1.807) is 0 Å². The van der Waals surface area contributed by atoms with Gasteiger partial charge in [-0.15, -0.1) is 0 Å². The van der Waals surface area contributed by atoms with Crippen LogP contribution in [-0.2, 0) is 0 Å². The molecule has 1 aromatic heterocycles. The Morgan fingerprint density at radius 1 is 1.03 bits per heavy atom. The molecule has 3 fully saturated rings. The van der Waals surface area contributed by atoms with E-state index in [1.807, 2.05) is 0 Å². The number of pyridine rings is 1. The zero-order chi connectivity index (χ0) is 20.4. The van der Waals surface area contributed by atoms with Gasteiger partial charge in [-0.2, -0.15) is 4.57 Å². The van der Waals surface area contributed by atoms with Crippen LogP contribution in [0.15, 0.2) is 36.2 Å². The molecule has 2 N–H and O–H groups in total. The first-order valence-corrected chi connectivity index (χ1v) is 11.9. The van der Waals surface area contributed by atoms with Gasteiger partial charge in [-0.25, -0.2) is 0 Å². The lowest BCUT2D eigenvalue weighted by atomic mass is 9.43. The third kappa shape index (κ3) is 2.73. The molecule has 0 spiro atoms. The van der Waals surface area contributed by atoms with Crippen molar-refractivity contribution in [2.75, 3.05) is 0 Å². The Bertz CT molecular complexity index is 804. The molecule has 158 valence electrons. The molecular formula is C26H38NO2+. The summed E-state index contributed by atoms with van der Waals surface area (Å²) in [6.07, 6.45) is 12.6. The number of nitrogens with zero attached hydrogens (tertiary/aromatic N) is 1. The quantitative estimate of drug-likeness (QED) is 0.719. The molecule has 29 heavy (non-hydrogen) atoms. The summed E-state index contributed by atoms with van der Waals surface area (Å²) >= 11 is 0. The van der Waals surface area contributed by atoms with Crippen LogP contribution in [-0.4, -0.2) is 22.4 Å². The van der Waals surface area contributed by atoms with E-state index in [0.717, 1.165) is 38.5 Å². The normalized spacial score (nSPS) is 46.8. The van der Waals surface area contributed by atoms with Gasteiger partial charge in [0, 0.05) is 12.1 Å². The van der Waals surface area contributed by atoms with Crippen molar-refractivity contribution in [2.45, 2.75) is 84.3 Å². The Hall–Kier alpha value is -1.19. The van der Waals surface area contributed by atoms with Crippen molar-refractivity contribution in [1.29, 1.82) is 0 Å². The summed E-state index contributed by atoms with van der Waals surface area (Å²) in [6, 6.07) is 6.37. The highest BCUT2D eigenvalue weighted by molar-refractivity contribution is 5.53. The van der Waals surface area contributed by atoms with Crippen LogP contribution in [0.1, 0.15) is 72.1 Å². The van der Waals surface area contributed by atoms with Crippen LogP contribution in [0.2, 0.25) is 0 Å². The second-order valence-corrected chi connectivity index (χ2v) is 10.9. The average Bonchev–Trinajstić information content (AvgIpc) is 3.02. The largest absolute Gasteiger partial charge is 0.393 e. The number of aliphatic hydroxyl groups excluding tert-OH is 2. The van der Waals surface area contributed by atoms with Gasteiger partial charge in [-0.1, -0.05) is 19.9 Å².